The van der Waals surface area contributed by atoms with Gasteiger partial charge in [0.05, 0.1) is 18.4 Å². The lowest BCUT2D eigenvalue weighted by Gasteiger charge is -2.20. The Labute approximate surface area is 93.7 Å². The first-order valence-electron chi connectivity index (χ1n) is 5.18. The van der Waals surface area contributed by atoms with E-state index in [0.29, 0.717) is 6.54 Å². The quantitative estimate of drug-likeness (QED) is 0.815. The molecule has 1 heterocycles. The van der Waals surface area contributed by atoms with Crippen LogP contribution in [0.3, 0.4) is 0 Å². The van der Waals surface area contributed by atoms with Crippen molar-refractivity contribution in [1.29, 1.82) is 0 Å². The van der Waals surface area contributed by atoms with Crippen molar-refractivity contribution in [3.05, 3.63) is 30.5 Å². The lowest BCUT2D eigenvalue weighted by atomic mass is 10.2. The van der Waals surface area contributed by atoms with Crippen LogP contribution in [0.25, 0.3) is 11.0 Å². The molecule has 0 saturated carbocycles. The van der Waals surface area contributed by atoms with Crippen LogP contribution in [0.5, 0.6) is 0 Å². The van der Waals surface area contributed by atoms with Crippen molar-refractivity contribution in [3.8, 4) is 0 Å². The van der Waals surface area contributed by atoms with Gasteiger partial charge in [0, 0.05) is 19.0 Å². The third-order valence-electron chi connectivity index (χ3n) is 2.57. The number of nitrogens with zero attached hydrogens (tertiary/aromatic N) is 1. The highest BCUT2D eigenvalue weighted by atomic mass is 16.3. The predicted octanol–water partition coefficient (Wildman–Crippen LogP) is 1.22. The number of likely N-dealkylation sites (N-methyl/N-ethyl adjacent to an activating group) is 1. The summed E-state index contributed by atoms with van der Waals surface area (Å²) in [5.41, 5.74) is 1.74. The first-order chi connectivity index (χ1) is 7.72. The molecular formula is C12H15NO3. The van der Waals surface area contributed by atoms with Crippen molar-refractivity contribution in [3.63, 3.8) is 0 Å². The van der Waals surface area contributed by atoms with E-state index in [1.807, 2.05) is 36.2 Å². The number of anilines is 1. The largest absolute Gasteiger partial charge is 0.462 e. The molecule has 86 valence electrons. The number of aliphatic hydroxyl groups is 2. The second-order valence-electron chi connectivity index (χ2n) is 3.83. The Morgan fingerprint density at radius 3 is 2.88 bits per heavy atom. The molecule has 1 atom stereocenters. The molecule has 4 heteroatoms. The van der Waals surface area contributed by atoms with Gasteiger partial charge < -0.3 is 19.5 Å². The molecule has 0 aliphatic heterocycles. The van der Waals surface area contributed by atoms with Gasteiger partial charge in [-0.05, 0) is 12.1 Å². The number of rotatable bonds is 4. The van der Waals surface area contributed by atoms with E-state index in [-0.39, 0.29) is 6.61 Å². The Hall–Kier alpha value is -1.52. The van der Waals surface area contributed by atoms with Crippen LogP contribution in [0.2, 0.25) is 0 Å². The van der Waals surface area contributed by atoms with Crippen LogP contribution < -0.4 is 4.90 Å². The number of para-hydroxylation sites is 1. The lowest BCUT2D eigenvalue weighted by Crippen LogP contribution is -2.31. The van der Waals surface area contributed by atoms with E-state index in [0.717, 1.165) is 16.7 Å². The van der Waals surface area contributed by atoms with Gasteiger partial charge in [-0.2, -0.15) is 0 Å². The topological polar surface area (TPSA) is 56.8 Å². The van der Waals surface area contributed by atoms with Crippen molar-refractivity contribution in [2.24, 2.45) is 0 Å². The Kier molecular flexibility index (Phi) is 3.12. The third kappa shape index (κ3) is 2.03. The molecule has 0 amide bonds. The van der Waals surface area contributed by atoms with Crippen LogP contribution in [0, 0.1) is 0 Å². The Morgan fingerprint density at radius 2 is 2.12 bits per heavy atom. The standard InChI is InChI=1S/C12H15NO3/c1-13(6-9(15)7-14)11-8-16-12-5-3-2-4-10(11)12/h2-5,8-9,14-15H,6-7H2,1H3. The van der Waals surface area contributed by atoms with Crippen LogP contribution in [-0.2, 0) is 0 Å². The van der Waals surface area contributed by atoms with E-state index in [2.05, 4.69) is 0 Å². The van der Waals surface area contributed by atoms with E-state index in [4.69, 9.17) is 9.52 Å². The molecule has 0 radical (unpaired) electrons. The molecule has 0 spiro atoms. The fourth-order valence-corrected chi connectivity index (χ4v) is 1.73. The average Bonchev–Trinajstić information content (AvgIpc) is 2.72. The molecule has 1 unspecified atom stereocenters. The van der Waals surface area contributed by atoms with Crippen molar-refractivity contribution < 1.29 is 14.6 Å². The van der Waals surface area contributed by atoms with Gasteiger partial charge in [0.15, 0.2) is 0 Å². The van der Waals surface area contributed by atoms with Crippen molar-refractivity contribution >= 4 is 16.7 Å². The lowest BCUT2D eigenvalue weighted by molar-refractivity contribution is 0.101. The molecule has 4 nitrogen and oxygen atoms in total. The SMILES string of the molecule is CN(CC(O)CO)c1coc2ccccc12. The molecule has 0 bridgehead atoms. The van der Waals surface area contributed by atoms with Crippen LogP contribution in [-0.4, -0.2) is 36.5 Å². The molecule has 1 aromatic carbocycles. The second kappa shape index (κ2) is 4.55. The summed E-state index contributed by atoms with van der Waals surface area (Å²) in [6, 6.07) is 7.72. The monoisotopic (exact) mass is 221 g/mol. The van der Waals surface area contributed by atoms with E-state index >= 15 is 0 Å². The number of hydrogen-bond donors (Lipinski definition) is 2. The van der Waals surface area contributed by atoms with E-state index in [1.165, 1.54) is 0 Å². The summed E-state index contributed by atoms with van der Waals surface area (Å²) in [6.45, 7) is 0.139. The molecule has 1 aromatic heterocycles. The predicted molar refractivity (Wildman–Crippen MR) is 62.6 cm³/mol. The minimum atomic E-state index is -0.737. The normalized spacial score (nSPS) is 12.9. The summed E-state index contributed by atoms with van der Waals surface area (Å²) in [7, 11) is 1.86. The molecule has 2 rings (SSSR count). The molecular weight excluding hydrogens is 206 g/mol. The van der Waals surface area contributed by atoms with Gasteiger partial charge in [0.25, 0.3) is 0 Å². The van der Waals surface area contributed by atoms with Crippen LogP contribution >= 0.6 is 0 Å². The Bertz CT molecular complexity index is 466. The summed E-state index contributed by atoms with van der Waals surface area (Å²) in [5, 5.41) is 19.2. The summed E-state index contributed by atoms with van der Waals surface area (Å²) < 4.78 is 5.40. The number of fused-ring (bicyclic) bond motifs is 1. The molecule has 0 aliphatic rings. The Morgan fingerprint density at radius 1 is 1.38 bits per heavy atom. The fourth-order valence-electron chi connectivity index (χ4n) is 1.73. The summed E-state index contributed by atoms with van der Waals surface area (Å²) in [6.07, 6.45) is 0.924. The van der Waals surface area contributed by atoms with Gasteiger partial charge in [0.2, 0.25) is 0 Å². The van der Waals surface area contributed by atoms with Gasteiger partial charge in [-0.15, -0.1) is 0 Å². The van der Waals surface area contributed by atoms with Gasteiger partial charge in [-0.25, -0.2) is 0 Å². The Balaban J connectivity index is 2.26. The van der Waals surface area contributed by atoms with Crippen molar-refractivity contribution in [1.82, 2.24) is 0 Å². The zero-order valence-electron chi connectivity index (χ0n) is 9.13. The minimum absolute atomic E-state index is 0.236. The highest BCUT2D eigenvalue weighted by molar-refractivity contribution is 5.90. The molecule has 2 N–H and O–H groups in total. The van der Waals surface area contributed by atoms with Gasteiger partial charge in [0.1, 0.15) is 11.8 Å². The average molecular weight is 221 g/mol. The smallest absolute Gasteiger partial charge is 0.136 e. The van der Waals surface area contributed by atoms with Crippen molar-refractivity contribution in [2.45, 2.75) is 6.10 Å². The molecule has 0 saturated heterocycles. The maximum absolute atomic E-state index is 9.38. The van der Waals surface area contributed by atoms with Crippen LogP contribution in [0.1, 0.15) is 0 Å². The first-order valence-corrected chi connectivity index (χ1v) is 5.18. The second-order valence-corrected chi connectivity index (χ2v) is 3.83. The number of benzene rings is 1. The summed E-state index contributed by atoms with van der Waals surface area (Å²) >= 11 is 0. The zero-order valence-corrected chi connectivity index (χ0v) is 9.13. The highest BCUT2D eigenvalue weighted by Crippen LogP contribution is 2.27. The fraction of sp³-hybridized carbons (Fsp3) is 0.333. The summed E-state index contributed by atoms with van der Waals surface area (Å²) in [5.74, 6) is 0. The number of hydrogen-bond acceptors (Lipinski definition) is 4. The molecule has 0 fully saturated rings. The number of furan rings is 1. The molecule has 16 heavy (non-hydrogen) atoms. The van der Waals surface area contributed by atoms with Gasteiger partial charge >= 0.3 is 0 Å². The zero-order chi connectivity index (χ0) is 11.5. The van der Waals surface area contributed by atoms with E-state index < -0.39 is 6.10 Å². The van der Waals surface area contributed by atoms with Crippen molar-refractivity contribution in [2.75, 3.05) is 25.1 Å². The first kappa shape index (κ1) is 11.0. The molecule has 0 aliphatic carbocycles. The van der Waals surface area contributed by atoms with Gasteiger partial charge in [-0.3, -0.25) is 0 Å². The van der Waals surface area contributed by atoms with Crippen LogP contribution in [0.4, 0.5) is 5.69 Å². The highest BCUT2D eigenvalue weighted by Gasteiger charge is 2.12. The van der Waals surface area contributed by atoms with E-state index in [9.17, 15) is 5.11 Å². The number of aliphatic hydroxyl groups excluding tert-OH is 2. The molecule has 2 aromatic rings. The summed E-state index contributed by atoms with van der Waals surface area (Å²) in [4.78, 5) is 1.87. The van der Waals surface area contributed by atoms with Gasteiger partial charge in [-0.1, -0.05) is 12.1 Å². The van der Waals surface area contributed by atoms with Crippen LogP contribution in [0.15, 0.2) is 34.9 Å². The third-order valence-corrected chi connectivity index (χ3v) is 2.57. The van der Waals surface area contributed by atoms with E-state index in [1.54, 1.807) is 6.26 Å². The maximum Gasteiger partial charge on any atom is 0.136 e. The minimum Gasteiger partial charge on any atom is -0.462 e. The maximum atomic E-state index is 9.38.